The number of fused-ring (bicyclic) bond motifs is 2. The number of benzene rings is 2. The third kappa shape index (κ3) is 3.01. The summed E-state index contributed by atoms with van der Waals surface area (Å²) in [5.74, 6) is 0. The molecule has 28 heavy (non-hydrogen) atoms. The molecule has 0 aliphatic rings. The van der Waals surface area contributed by atoms with Gasteiger partial charge >= 0.3 is 0 Å². The third-order valence-electron chi connectivity index (χ3n) is 5.03. The van der Waals surface area contributed by atoms with Crippen LogP contribution in [-0.2, 0) is 5.60 Å². The predicted molar refractivity (Wildman–Crippen MR) is 117 cm³/mol. The SMILES string of the molecule is CC(C)(O)c1cccc(-c2ccc3nc(-c4cc5ccccc5s4)cn3c2)c1. The minimum Gasteiger partial charge on any atom is -0.386 e. The highest BCUT2D eigenvalue weighted by atomic mass is 32.1. The molecule has 5 aromatic rings. The standard InChI is InChI=1S/C24H20N2OS/c1-24(2,27)19-8-5-7-16(12-19)18-10-11-23-25-20(15-26(23)14-18)22-13-17-6-3-4-9-21(17)28-22/h3-15,27H,1-2H3. The van der Waals surface area contributed by atoms with Gasteiger partial charge in [0.15, 0.2) is 0 Å². The van der Waals surface area contributed by atoms with Crippen LogP contribution in [0.25, 0.3) is 37.4 Å². The summed E-state index contributed by atoms with van der Waals surface area (Å²) in [4.78, 5) is 5.98. The summed E-state index contributed by atoms with van der Waals surface area (Å²) < 4.78 is 3.35. The highest BCUT2D eigenvalue weighted by Crippen LogP contribution is 2.33. The van der Waals surface area contributed by atoms with Gasteiger partial charge in [0.2, 0.25) is 0 Å². The Morgan fingerprint density at radius 1 is 0.893 bits per heavy atom. The maximum Gasteiger partial charge on any atom is 0.137 e. The molecule has 0 unspecified atom stereocenters. The first-order valence-corrected chi connectivity index (χ1v) is 10.1. The van der Waals surface area contributed by atoms with E-state index >= 15 is 0 Å². The van der Waals surface area contributed by atoms with E-state index in [-0.39, 0.29) is 0 Å². The van der Waals surface area contributed by atoms with Gasteiger partial charge in [0.1, 0.15) is 5.65 Å². The van der Waals surface area contributed by atoms with Gasteiger partial charge in [-0.3, -0.25) is 0 Å². The molecule has 5 rings (SSSR count). The summed E-state index contributed by atoms with van der Waals surface area (Å²) in [6.45, 7) is 3.62. The summed E-state index contributed by atoms with van der Waals surface area (Å²) in [5, 5.41) is 11.6. The minimum absolute atomic E-state index is 0.858. The molecule has 3 aromatic heterocycles. The molecule has 4 heteroatoms. The van der Waals surface area contributed by atoms with Crippen LogP contribution in [0.3, 0.4) is 0 Å². The average molecular weight is 385 g/mol. The molecule has 0 radical (unpaired) electrons. The highest BCUT2D eigenvalue weighted by molar-refractivity contribution is 7.22. The lowest BCUT2D eigenvalue weighted by molar-refractivity contribution is 0.0786. The molecule has 0 atom stereocenters. The molecule has 1 N–H and O–H groups in total. The van der Waals surface area contributed by atoms with Gasteiger partial charge in [0.25, 0.3) is 0 Å². The topological polar surface area (TPSA) is 37.5 Å². The van der Waals surface area contributed by atoms with E-state index in [1.54, 1.807) is 11.3 Å². The molecule has 0 saturated heterocycles. The number of aliphatic hydroxyl groups is 1. The quantitative estimate of drug-likeness (QED) is 0.407. The smallest absolute Gasteiger partial charge is 0.137 e. The number of nitrogens with zero attached hydrogens (tertiary/aromatic N) is 2. The van der Waals surface area contributed by atoms with Gasteiger partial charge in [-0.1, -0.05) is 36.4 Å². The van der Waals surface area contributed by atoms with Crippen molar-refractivity contribution in [1.29, 1.82) is 0 Å². The van der Waals surface area contributed by atoms with Crippen molar-refractivity contribution < 1.29 is 5.11 Å². The number of thiophene rings is 1. The van der Waals surface area contributed by atoms with Crippen LogP contribution < -0.4 is 0 Å². The lowest BCUT2D eigenvalue weighted by Gasteiger charge is -2.18. The third-order valence-corrected chi connectivity index (χ3v) is 6.17. The van der Waals surface area contributed by atoms with Crippen molar-refractivity contribution in [3.63, 3.8) is 0 Å². The molecule has 0 amide bonds. The number of imidazole rings is 1. The maximum atomic E-state index is 10.3. The van der Waals surface area contributed by atoms with Crippen LogP contribution in [0.1, 0.15) is 19.4 Å². The van der Waals surface area contributed by atoms with Gasteiger partial charge in [-0.25, -0.2) is 4.98 Å². The fourth-order valence-electron chi connectivity index (χ4n) is 3.47. The van der Waals surface area contributed by atoms with E-state index in [9.17, 15) is 5.11 Å². The Labute approximate surface area is 167 Å². The molecule has 2 aromatic carbocycles. The van der Waals surface area contributed by atoms with Crippen molar-refractivity contribution in [3.8, 4) is 21.7 Å². The first-order chi connectivity index (χ1) is 13.5. The summed E-state index contributed by atoms with van der Waals surface area (Å²) in [7, 11) is 0. The number of rotatable bonds is 3. The largest absolute Gasteiger partial charge is 0.386 e. The van der Waals surface area contributed by atoms with Gasteiger partial charge in [-0.2, -0.15) is 0 Å². The van der Waals surface area contributed by atoms with Crippen molar-refractivity contribution in [1.82, 2.24) is 9.38 Å². The lowest BCUT2D eigenvalue weighted by atomic mass is 9.95. The van der Waals surface area contributed by atoms with Crippen LogP contribution >= 0.6 is 11.3 Å². The van der Waals surface area contributed by atoms with Crippen LogP contribution in [0, 0.1) is 0 Å². The molecule has 0 aliphatic heterocycles. The second kappa shape index (κ2) is 6.30. The fraction of sp³-hybridized carbons (Fsp3) is 0.125. The van der Waals surface area contributed by atoms with Gasteiger partial charge in [-0.15, -0.1) is 11.3 Å². The highest BCUT2D eigenvalue weighted by Gasteiger charge is 2.16. The molecular weight excluding hydrogens is 364 g/mol. The molecule has 3 nitrogen and oxygen atoms in total. The number of pyridine rings is 1. The Hall–Kier alpha value is -2.95. The monoisotopic (exact) mass is 384 g/mol. The van der Waals surface area contributed by atoms with Gasteiger partial charge < -0.3 is 9.51 Å². The summed E-state index contributed by atoms with van der Waals surface area (Å²) in [5.41, 5.74) is 4.14. The summed E-state index contributed by atoms with van der Waals surface area (Å²) in [6.07, 6.45) is 4.19. The van der Waals surface area contributed by atoms with E-state index in [1.807, 2.05) is 38.1 Å². The van der Waals surface area contributed by atoms with Crippen molar-refractivity contribution >= 4 is 27.1 Å². The second-order valence-corrected chi connectivity index (χ2v) is 8.68. The first-order valence-electron chi connectivity index (χ1n) is 9.28. The van der Waals surface area contributed by atoms with Crippen molar-refractivity contribution in [2.24, 2.45) is 0 Å². The Morgan fingerprint density at radius 3 is 2.57 bits per heavy atom. The van der Waals surface area contributed by atoms with E-state index in [0.29, 0.717) is 0 Å². The summed E-state index contributed by atoms with van der Waals surface area (Å²) >= 11 is 1.77. The van der Waals surface area contributed by atoms with Gasteiger partial charge in [0, 0.05) is 17.1 Å². The maximum absolute atomic E-state index is 10.3. The number of aromatic nitrogens is 2. The van der Waals surface area contributed by atoms with E-state index in [0.717, 1.165) is 28.0 Å². The van der Waals surface area contributed by atoms with Crippen LogP contribution in [0.5, 0.6) is 0 Å². The fourth-order valence-corrected chi connectivity index (χ4v) is 4.49. The first kappa shape index (κ1) is 17.2. The zero-order chi connectivity index (χ0) is 19.3. The van der Waals surface area contributed by atoms with Crippen molar-refractivity contribution in [2.75, 3.05) is 0 Å². The lowest BCUT2D eigenvalue weighted by Crippen LogP contribution is -2.15. The molecule has 0 saturated carbocycles. The molecular formula is C24H20N2OS. The Bertz CT molecular complexity index is 1270. The predicted octanol–water partition coefficient (Wildman–Crippen LogP) is 6.11. The van der Waals surface area contributed by atoms with Crippen LogP contribution in [0.15, 0.2) is 79.1 Å². The Morgan fingerprint density at radius 2 is 1.75 bits per heavy atom. The van der Waals surface area contributed by atoms with E-state index in [4.69, 9.17) is 4.98 Å². The Balaban J connectivity index is 1.57. The Kier molecular flexibility index (Phi) is 3.86. The molecule has 0 aliphatic carbocycles. The average Bonchev–Trinajstić information content (AvgIpc) is 3.30. The molecule has 3 heterocycles. The number of hydrogen-bond donors (Lipinski definition) is 1. The minimum atomic E-state index is -0.858. The molecule has 138 valence electrons. The molecule has 0 fully saturated rings. The number of hydrogen-bond acceptors (Lipinski definition) is 3. The second-order valence-electron chi connectivity index (χ2n) is 7.60. The normalized spacial score (nSPS) is 12.1. The molecule has 0 bridgehead atoms. The van der Waals surface area contributed by atoms with Crippen molar-refractivity contribution in [2.45, 2.75) is 19.4 Å². The van der Waals surface area contributed by atoms with Gasteiger partial charge in [-0.05, 0) is 66.3 Å². The zero-order valence-corrected chi connectivity index (χ0v) is 16.6. The van der Waals surface area contributed by atoms with Crippen LogP contribution in [0.4, 0.5) is 0 Å². The van der Waals surface area contributed by atoms with E-state index in [2.05, 4.69) is 59.3 Å². The van der Waals surface area contributed by atoms with Crippen molar-refractivity contribution in [3.05, 3.63) is 84.7 Å². The summed E-state index contributed by atoms with van der Waals surface area (Å²) in [6, 6.07) is 22.8. The molecule has 0 spiro atoms. The van der Waals surface area contributed by atoms with E-state index in [1.165, 1.54) is 15.0 Å². The van der Waals surface area contributed by atoms with Crippen LogP contribution in [0.2, 0.25) is 0 Å². The van der Waals surface area contributed by atoms with Crippen LogP contribution in [-0.4, -0.2) is 14.5 Å². The zero-order valence-electron chi connectivity index (χ0n) is 15.8. The van der Waals surface area contributed by atoms with E-state index < -0.39 is 5.60 Å². The van der Waals surface area contributed by atoms with Gasteiger partial charge in [0.05, 0.1) is 16.2 Å².